The summed E-state index contributed by atoms with van der Waals surface area (Å²) in [7, 11) is 1.61. The number of hydrogen-bond donors (Lipinski definition) is 2. The van der Waals surface area contributed by atoms with Crippen molar-refractivity contribution >= 4 is 22.6 Å². The van der Waals surface area contributed by atoms with Crippen LogP contribution in [0.25, 0.3) is 28.1 Å². The number of nitrogens with one attached hydrogen (secondary N) is 2. The number of imidazole rings is 1. The molecule has 0 saturated carbocycles. The smallest absolute Gasteiger partial charge is 0.278 e. The number of carbonyl (C=O) groups excluding carboxylic acids is 1. The molecule has 5 rings (SSSR count). The van der Waals surface area contributed by atoms with Crippen LogP contribution < -0.4 is 10.1 Å². The van der Waals surface area contributed by atoms with E-state index in [0.717, 1.165) is 33.9 Å². The molecule has 2 N–H and O–H groups in total. The third kappa shape index (κ3) is 3.58. The first-order valence-electron chi connectivity index (χ1n) is 10.1. The van der Waals surface area contributed by atoms with Crippen LogP contribution in [-0.2, 0) is 0 Å². The van der Waals surface area contributed by atoms with Crippen LogP contribution in [-0.4, -0.2) is 38.0 Å². The van der Waals surface area contributed by atoms with Gasteiger partial charge in [-0.05, 0) is 55.5 Å². The Morgan fingerprint density at radius 1 is 1.03 bits per heavy atom. The minimum Gasteiger partial charge on any atom is -0.497 e. The lowest BCUT2D eigenvalue weighted by atomic mass is 10.2. The summed E-state index contributed by atoms with van der Waals surface area (Å²) in [4.78, 5) is 20.8. The number of nitrogens with zero attached hydrogens (tertiary/aromatic N) is 4. The highest BCUT2D eigenvalue weighted by molar-refractivity contribution is 6.03. The number of aromatic nitrogens is 5. The van der Waals surface area contributed by atoms with Crippen molar-refractivity contribution < 1.29 is 9.53 Å². The fraction of sp³-hybridized carbons (Fsp3) is 0.0833. The molecule has 1 amide bonds. The number of fused-ring (bicyclic) bond motifs is 1. The minimum atomic E-state index is -0.330. The highest BCUT2D eigenvalue weighted by Crippen LogP contribution is 2.24. The average Bonchev–Trinajstić information content (AvgIpc) is 3.43. The van der Waals surface area contributed by atoms with Gasteiger partial charge < -0.3 is 15.0 Å². The Bertz CT molecular complexity index is 1390. The van der Waals surface area contributed by atoms with Crippen LogP contribution in [0.4, 0.5) is 5.69 Å². The SMILES string of the molecule is COc1ccc(-n2nnc(C(=O)Nc3cccc(-c4nc5ccccc5[nH]4)c3)c2C)cc1. The molecule has 8 nitrogen and oxygen atoms in total. The first-order chi connectivity index (χ1) is 15.6. The molecule has 0 aliphatic rings. The second kappa shape index (κ2) is 7.99. The molecule has 0 atom stereocenters. The van der Waals surface area contributed by atoms with Crippen LogP contribution in [0.15, 0.2) is 72.8 Å². The standard InChI is InChI=1S/C24H20N6O2/c1-15-22(28-29-30(15)18-10-12-19(32-2)13-11-18)24(31)25-17-7-5-6-16(14-17)23-26-20-8-3-4-9-21(20)27-23/h3-14H,1-2H3,(H,25,31)(H,26,27). The number of aromatic amines is 1. The molecule has 0 aliphatic heterocycles. The van der Waals surface area contributed by atoms with E-state index in [4.69, 9.17) is 4.74 Å². The lowest BCUT2D eigenvalue weighted by Crippen LogP contribution is -2.14. The molecule has 0 spiro atoms. The monoisotopic (exact) mass is 424 g/mol. The van der Waals surface area contributed by atoms with Gasteiger partial charge in [0, 0.05) is 11.3 Å². The van der Waals surface area contributed by atoms with E-state index in [0.29, 0.717) is 11.4 Å². The van der Waals surface area contributed by atoms with Crippen molar-refractivity contribution in [1.82, 2.24) is 25.0 Å². The highest BCUT2D eigenvalue weighted by Gasteiger charge is 2.18. The lowest BCUT2D eigenvalue weighted by molar-refractivity contribution is 0.102. The first kappa shape index (κ1) is 19.5. The Balaban J connectivity index is 1.38. The van der Waals surface area contributed by atoms with E-state index in [-0.39, 0.29) is 11.6 Å². The van der Waals surface area contributed by atoms with Gasteiger partial charge in [0.05, 0.1) is 29.5 Å². The molecule has 0 bridgehead atoms. The molecule has 32 heavy (non-hydrogen) atoms. The van der Waals surface area contributed by atoms with Crippen molar-refractivity contribution in [1.29, 1.82) is 0 Å². The van der Waals surface area contributed by atoms with Crippen molar-refractivity contribution in [2.75, 3.05) is 12.4 Å². The number of carbonyl (C=O) groups is 1. The maximum atomic E-state index is 12.9. The van der Waals surface area contributed by atoms with E-state index in [1.807, 2.05) is 79.7 Å². The van der Waals surface area contributed by atoms with Gasteiger partial charge in [0.25, 0.3) is 5.91 Å². The van der Waals surface area contributed by atoms with Crippen LogP contribution >= 0.6 is 0 Å². The zero-order chi connectivity index (χ0) is 22.1. The molecule has 0 radical (unpaired) electrons. The van der Waals surface area contributed by atoms with Crippen LogP contribution in [0, 0.1) is 6.92 Å². The molecule has 2 aromatic heterocycles. The largest absolute Gasteiger partial charge is 0.497 e. The van der Waals surface area contributed by atoms with Gasteiger partial charge in [-0.2, -0.15) is 0 Å². The fourth-order valence-electron chi connectivity index (χ4n) is 3.53. The highest BCUT2D eigenvalue weighted by atomic mass is 16.5. The molecular weight excluding hydrogens is 404 g/mol. The Morgan fingerprint density at radius 3 is 2.62 bits per heavy atom. The molecule has 0 unspecified atom stereocenters. The molecule has 0 fully saturated rings. The minimum absolute atomic E-state index is 0.259. The average molecular weight is 424 g/mol. The Labute approximate surface area is 183 Å². The van der Waals surface area contributed by atoms with E-state index < -0.39 is 0 Å². The molecule has 8 heteroatoms. The number of anilines is 1. The van der Waals surface area contributed by atoms with Crippen molar-refractivity contribution in [3.63, 3.8) is 0 Å². The van der Waals surface area contributed by atoms with Gasteiger partial charge in [-0.3, -0.25) is 4.79 Å². The lowest BCUT2D eigenvalue weighted by Gasteiger charge is -2.07. The molecule has 158 valence electrons. The second-order valence-corrected chi connectivity index (χ2v) is 7.27. The number of methoxy groups -OCH3 is 1. The number of rotatable bonds is 5. The van der Waals surface area contributed by atoms with Gasteiger partial charge in [0.1, 0.15) is 11.6 Å². The van der Waals surface area contributed by atoms with Crippen LogP contribution in [0.5, 0.6) is 5.75 Å². The van der Waals surface area contributed by atoms with E-state index in [2.05, 4.69) is 25.6 Å². The molecule has 0 saturated heterocycles. The van der Waals surface area contributed by atoms with Gasteiger partial charge in [0.2, 0.25) is 0 Å². The summed E-state index contributed by atoms with van der Waals surface area (Å²) in [6, 6.07) is 22.7. The Kier molecular flexibility index (Phi) is 4.87. The normalized spacial score (nSPS) is 10.9. The predicted octanol–water partition coefficient (Wildman–Crippen LogP) is 4.38. The summed E-state index contributed by atoms with van der Waals surface area (Å²) in [5.41, 5.74) is 5.06. The summed E-state index contributed by atoms with van der Waals surface area (Å²) < 4.78 is 6.81. The number of H-pyrrole nitrogens is 1. The summed E-state index contributed by atoms with van der Waals surface area (Å²) in [6.07, 6.45) is 0. The summed E-state index contributed by atoms with van der Waals surface area (Å²) in [5.74, 6) is 1.15. The van der Waals surface area contributed by atoms with E-state index >= 15 is 0 Å². The van der Waals surface area contributed by atoms with Gasteiger partial charge in [-0.1, -0.05) is 29.5 Å². The van der Waals surface area contributed by atoms with E-state index in [9.17, 15) is 4.79 Å². The Morgan fingerprint density at radius 2 is 1.84 bits per heavy atom. The zero-order valence-corrected chi connectivity index (χ0v) is 17.5. The van der Waals surface area contributed by atoms with Crippen molar-refractivity contribution in [3.8, 4) is 22.8 Å². The topological polar surface area (TPSA) is 97.7 Å². The number of para-hydroxylation sites is 2. The number of amides is 1. The molecule has 3 aromatic carbocycles. The molecule has 0 aliphatic carbocycles. The van der Waals surface area contributed by atoms with Gasteiger partial charge in [-0.15, -0.1) is 5.10 Å². The Hall–Kier alpha value is -4.46. The maximum Gasteiger partial charge on any atom is 0.278 e. The second-order valence-electron chi connectivity index (χ2n) is 7.27. The third-order valence-electron chi connectivity index (χ3n) is 5.21. The van der Waals surface area contributed by atoms with Gasteiger partial charge in [0.15, 0.2) is 5.69 Å². The number of benzene rings is 3. The zero-order valence-electron chi connectivity index (χ0n) is 17.5. The van der Waals surface area contributed by atoms with E-state index in [1.54, 1.807) is 11.8 Å². The summed E-state index contributed by atoms with van der Waals surface area (Å²) in [5, 5.41) is 11.1. The number of hydrogen-bond acceptors (Lipinski definition) is 5. The van der Waals surface area contributed by atoms with Crippen LogP contribution in [0.3, 0.4) is 0 Å². The first-order valence-corrected chi connectivity index (χ1v) is 10.1. The van der Waals surface area contributed by atoms with Crippen LogP contribution in [0.2, 0.25) is 0 Å². The van der Waals surface area contributed by atoms with Crippen LogP contribution in [0.1, 0.15) is 16.2 Å². The van der Waals surface area contributed by atoms with Crippen molar-refractivity contribution in [2.45, 2.75) is 6.92 Å². The van der Waals surface area contributed by atoms with Gasteiger partial charge in [-0.25, -0.2) is 9.67 Å². The summed E-state index contributed by atoms with van der Waals surface area (Å²) >= 11 is 0. The maximum absolute atomic E-state index is 12.9. The molecule has 5 aromatic rings. The van der Waals surface area contributed by atoms with Crippen molar-refractivity contribution in [3.05, 3.63) is 84.2 Å². The fourth-order valence-corrected chi connectivity index (χ4v) is 3.53. The quantitative estimate of drug-likeness (QED) is 0.436. The van der Waals surface area contributed by atoms with Crippen molar-refractivity contribution in [2.24, 2.45) is 0 Å². The number of ether oxygens (including phenoxy) is 1. The van der Waals surface area contributed by atoms with E-state index in [1.165, 1.54) is 0 Å². The van der Waals surface area contributed by atoms with Gasteiger partial charge >= 0.3 is 0 Å². The predicted molar refractivity (Wildman–Crippen MR) is 122 cm³/mol. The molecular formula is C24H20N6O2. The summed E-state index contributed by atoms with van der Waals surface area (Å²) in [6.45, 7) is 1.81. The third-order valence-corrected chi connectivity index (χ3v) is 5.21. The molecule has 2 heterocycles.